The molecular weight excluding hydrogens is 336 g/mol. The maximum Gasteiger partial charge on any atom is 0.0417 e. The molecule has 4 heteroatoms. The Bertz CT molecular complexity index is 419. The molecule has 0 aromatic heterocycles. The van der Waals surface area contributed by atoms with Crippen LogP contribution in [0.25, 0.3) is 0 Å². The molecular formula is C16H24BrClN2. The van der Waals surface area contributed by atoms with Gasteiger partial charge in [0.05, 0.1) is 0 Å². The highest BCUT2D eigenvalue weighted by Gasteiger charge is 2.23. The van der Waals surface area contributed by atoms with E-state index in [1.54, 1.807) is 0 Å². The summed E-state index contributed by atoms with van der Waals surface area (Å²) in [6.07, 6.45) is 5.11. The van der Waals surface area contributed by atoms with Gasteiger partial charge in [0.25, 0.3) is 0 Å². The Kier molecular flexibility index (Phi) is 6.82. The molecule has 0 unspecified atom stereocenters. The lowest BCUT2D eigenvalue weighted by Crippen LogP contribution is -2.45. The molecule has 2 nitrogen and oxygen atoms in total. The largest absolute Gasteiger partial charge is 0.314 e. The van der Waals surface area contributed by atoms with Crippen LogP contribution in [0.5, 0.6) is 0 Å². The second-order valence-electron chi connectivity index (χ2n) is 5.46. The number of nitrogens with one attached hydrogen (secondary N) is 1. The minimum absolute atomic E-state index is 0.510. The van der Waals surface area contributed by atoms with Crippen molar-refractivity contribution in [3.63, 3.8) is 0 Å². The predicted octanol–water partition coefficient (Wildman–Crippen LogP) is 4.63. The lowest BCUT2D eigenvalue weighted by molar-refractivity contribution is 0.162. The molecule has 1 fully saturated rings. The molecule has 112 valence electrons. The van der Waals surface area contributed by atoms with Crippen LogP contribution in [0.1, 0.15) is 44.2 Å². The summed E-state index contributed by atoms with van der Waals surface area (Å²) in [6, 6.07) is 6.73. The van der Waals surface area contributed by atoms with Crippen LogP contribution < -0.4 is 5.32 Å². The third-order valence-corrected chi connectivity index (χ3v) is 4.92. The number of unbranched alkanes of at least 4 members (excludes halogenated alkanes) is 2. The van der Waals surface area contributed by atoms with Gasteiger partial charge in [-0.3, -0.25) is 4.90 Å². The number of rotatable bonds is 6. The topological polar surface area (TPSA) is 15.3 Å². The fraction of sp³-hybridized carbons (Fsp3) is 0.625. The zero-order valence-electron chi connectivity index (χ0n) is 12.2. The average Bonchev–Trinajstić information content (AvgIpc) is 2.46. The first-order valence-corrected chi connectivity index (χ1v) is 8.79. The monoisotopic (exact) mass is 358 g/mol. The SMILES string of the molecule is CCCCC[C@H](c1ccc(Cl)cc1Br)N1CCNCC1. The molecule has 0 radical (unpaired) electrons. The molecule has 1 aliphatic heterocycles. The van der Waals surface area contributed by atoms with Crippen LogP contribution in [0.4, 0.5) is 0 Å². The van der Waals surface area contributed by atoms with Gasteiger partial charge in [-0.2, -0.15) is 0 Å². The van der Waals surface area contributed by atoms with Gasteiger partial charge in [0, 0.05) is 41.7 Å². The van der Waals surface area contributed by atoms with Crippen molar-refractivity contribution in [2.75, 3.05) is 26.2 Å². The van der Waals surface area contributed by atoms with Gasteiger partial charge < -0.3 is 5.32 Å². The molecule has 0 amide bonds. The fourth-order valence-corrected chi connectivity index (χ4v) is 3.83. The lowest BCUT2D eigenvalue weighted by atomic mass is 9.98. The molecule has 1 aromatic rings. The maximum atomic E-state index is 6.08. The Balaban J connectivity index is 2.15. The molecule has 0 aliphatic carbocycles. The van der Waals surface area contributed by atoms with Gasteiger partial charge in [-0.25, -0.2) is 0 Å². The van der Waals surface area contributed by atoms with E-state index < -0.39 is 0 Å². The minimum Gasteiger partial charge on any atom is -0.314 e. The quantitative estimate of drug-likeness (QED) is 0.745. The number of benzene rings is 1. The van der Waals surface area contributed by atoms with Crippen molar-refractivity contribution in [2.24, 2.45) is 0 Å². The average molecular weight is 360 g/mol. The van der Waals surface area contributed by atoms with Crippen LogP contribution in [-0.2, 0) is 0 Å². The van der Waals surface area contributed by atoms with Crippen LogP contribution in [0.15, 0.2) is 22.7 Å². The Hall–Kier alpha value is -0.0900. The molecule has 1 saturated heterocycles. The Morgan fingerprint density at radius 1 is 1.30 bits per heavy atom. The van der Waals surface area contributed by atoms with E-state index in [0.29, 0.717) is 6.04 Å². The van der Waals surface area contributed by atoms with Crippen molar-refractivity contribution in [3.8, 4) is 0 Å². The van der Waals surface area contributed by atoms with E-state index in [9.17, 15) is 0 Å². The van der Waals surface area contributed by atoms with Gasteiger partial charge >= 0.3 is 0 Å². The van der Waals surface area contributed by atoms with Crippen LogP contribution in [0, 0.1) is 0 Å². The first kappa shape index (κ1) is 16.3. The van der Waals surface area contributed by atoms with Crippen molar-refractivity contribution >= 4 is 27.5 Å². The molecule has 20 heavy (non-hydrogen) atoms. The van der Waals surface area contributed by atoms with Gasteiger partial charge in [-0.15, -0.1) is 0 Å². The summed E-state index contributed by atoms with van der Waals surface area (Å²) < 4.78 is 1.14. The zero-order chi connectivity index (χ0) is 14.4. The van der Waals surface area contributed by atoms with Crippen molar-refractivity contribution in [2.45, 2.75) is 38.6 Å². The Morgan fingerprint density at radius 3 is 2.70 bits per heavy atom. The molecule has 1 N–H and O–H groups in total. The first-order valence-electron chi connectivity index (χ1n) is 7.62. The van der Waals surface area contributed by atoms with Crippen molar-refractivity contribution in [3.05, 3.63) is 33.3 Å². The standard InChI is InChI=1S/C16H24BrClN2/c1-2-3-4-5-16(20-10-8-19-9-11-20)14-7-6-13(18)12-15(14)17/h6-7,12,16,19H,2-5,8-11H2,1H3/t16-/m1/s1. The maximum absolute atomic E-state index is 6.08. The van der Waals surface area contributed by atoms with Gasteiger partial charge in [-0.05, 0) is 24.1 Å². The minimum atomic E-state index is 0.510. The van der Waals surface area contributed by atoms with Crippen LogP contribution in [-0.4, -0.2) is 31.1 Å². The summed E-state index contributed by atoms with van der Waals surface area (Å²) in [6.45, 7) is 6.71. The molecule has 0 spiro atoms. The number of hydrogen-bond acceptors (Lipinski definition) is 2. The molecule has 1 aliphatic rings. The summed E-state index contributed by atoms with van der Waals surface area (Å²) in [5, 5.41) is 4.24. The third-order valence-electron chi connectivity index (χ3n) is 3.99. The molecule has 1 aromatic carbocycles. The van der Waals surface area contributed by atoms with E-state index in [0.717, 1.165) is 35.7 Å². The van der Waals surface area contributed by atoms with Crippen LogP contribution in [0.2, 0.25) is 5.02 Å². The van der Waals surface area contributed by atoms with E-state index in [-0.39, 0.29) is 0 Å². The van der Waals surface area contributed by atoms with E-state index in [1.165, 1.54) is 31.2 Å². The third kappa shape index (κ3) is 4.45. The normalized spacial score (nSPS) is 18.1. The fourth-order valence-electron chi connectivity index (χ4n) is 2.89. The van der Waals surface area contributed by atoms with Crippen molar-refractivity contribution in [1.29, 1.82) is 0 Å². The Morgan fingerprint density at radius 2 is 2.05 bits per heavy atom. The van der Waals surface area contributed by atoms with E-state index in [4.69, 9.17) is 11.6 Å². The lowest BCUT2D eigenvalue weighted by Gasteiger charge is -2.36. The molecule has 1 atom stereocenters. The van der Waals surface area contributed by atoms with Gasteiger partial charge in [-0.1, -0.05) is 59.8 Å². The highest BCUT2D eigenvalue weighted by atomic mass is 79.9. The number of piperazine rings is 1. The summed E-state index contributed by atoms with van der Waals surface area (Å²) >= 11 is 9.78. The predicted molar refractivity (Wildman–Crippen MR) is 90.5 cm³/mol. The zero-order valence-corrected chi connectivity index (χ0v) is 14.5. The second kappa shape index (κ2) is 8.38. The summed E-state index contributed by atoms with van der Waals surface area (Å²) in [5.41, 5.74) is 1.38. The van der Waals surface area contributed by atoms with Crippen molar-refractivity contribution in [1.82, 2.24) is 10.2 Å². The molecule has 1 heterocycles. The molecule has 0 saturated carbocycles. The highest BCUT2D eigenvalue weighted by Crippen LogP contribution is 2.33. The number of nitrogens with zero attached hydrogens (tertiary/aromatic N) is 1. The van der Waals surface area contributed by atoms with Gasteiger partial charge in [0.2, 0.25) is 0 Å². The summed E-state index contributed by atoms with van der Waals surface area (Å²) in [7, 11) is 0. The van der Waals surface area contributed by atoms with E-state index in [1.807, 2.05) is 12.1 Å². The van der Waals surface area contributed by atoms with Crippen molar-refractivity contribution < 1.29 is 0 Å². The van der Waals surface area contributed by atoms with Crippen LogP contribution >= 0.6 is 27.5 Å². The van der Waals surface area contributed by atoms with Gasteiger partial charge in [0.15, 0.2) is 0 Å². The van der Waals surface area contributed by atoms with Crippen LogP contribution in [0.3, 0.4) is 0 Å². The summed E-state index contributed by atoms with van der Waals surface area (Å²) in [4.78, 5) is 2.61. The highest BCUT2D eigenvalue weighted by molar-refractivity contribution is 9.10. The first-order chi connectivity index (χ1) is 9.72. The second-order valence-corrected chi connectivity index (χ2v) is 6.75. The molecule has 2 rings (SSSR count). The van der Waals surface area contributed by atoms with E-state index in [2.05, 4.69) is 39.1 Å². The Labute approximate surface area is 136 Å². The van der Waals surface area contributed by atoms with Gasteiger partial charge in [0.1, 0.15) is 0 Å². The number of halogens is 2. The smallest absolute Gasteiger partial charge is 0.0417 e. The number of hydrogen-bond donors (Lipinski definition) is 1. The van der Waals surface area contributed by atoms with E-state index >= 15 is 0 Å². The summed E-state index contributed by atoms with van der Waals surface area (Å²) in [5.74, 6) is 0. The molecule has 0 bridgehead atoms.